The summed E-state index contributed by atoms with van der Waals surface area (Å²) in [7, 11) is 0. The predicted molar refractivity (Wildman–Crippen MR) is 81.3 cm³/mol. The van der Waals surface area contributed by atoms with Gasteiger partial charge >= 0.3 is 0 Å². The van der Waals surface area contributed by atoms with Gasteiger partial charge in [0.25, 0.3) is 5.91 Å². The molecule has 0 aromatic heterocycles. The lowest BCUT2D eigenvalue weighted by molar-refractivity contribution is -0.124. The largest absolute Gasteiger partial charge is 0.484 e. The van der Waals surface area contributed by atoms with Gasteiger partial charge in [-0.25, -0.2) is 0 Å². The molecule has 1 aliphatic heterocycles. The lowest BCUT2D eigenvalue weighted by atomic mass is 10.0. The number of anilines is 1. The average molecular weight is 290 g/mol. The molecule has 21 heavy (non-hydrogen) atoms. The minimum Gasteiger partial charge on any atom is -0.484 e. The molecular weight excluding hydrogens is 268 g/mol. The van der Waals surface area contributed by atoms with Gasteiger partial charge in [0, 0.05) is 18.2 Å². The molecule has 0 fully saturated rings. The molecule has 1 aromatic rings. The Balaban J connectivity index is 1.89. The molecule has 0 saturated carbocycles. The molecule has 114 valence electrons. The Labute approximate surface area is 125 Å². The third-order valence-corrected chi connectivity index (χ3v) is 3.73. The molecule has 0 aliphatic carbocycles. The van der Waals surface area contributed by atoms with E-state index in [2.05, 4.69) is 24.5 Å². The highest BCUT2D eigenvalue weighted by molar-refractivity contribution is 5.94. The van der Waals surface area contributed by atoms with Crippen LogP contribution in [0, 0.1) is 5.92 Å². The third kappa shape index (κ3) is 4.21. The molecular formula is C16H22N2O3. The lowest BCUT2D eigenvalue weighted by Gasteiger charge is -2.19. The Morgan fingerprint density at radius 1 is 1.33 bits per heavy atom. The first-order valence-corrected chi connectivity index (χ1v) is 7.30. The van der Waals surface area contributed by atoms with E-state index in [1.165, 1.54) is 0 Å². The Kier molecular flexibility index (Phi) is 4.83. The average Bonchev–Trinajstić information content (AvgIpc) is 2.44. The highest BCUT2D eigenvalue weighted by atomic mass is 16.5. The summed E-state index contributed by atoms with van der Waals surface area (Å²) in [5.74, 6) is 0.957. The number of amides is 2. The fraction of sp³-hybridized carbons (Fsp3) is 0.500. The van der Waals surface area contributed by atoms with Gasteiger partial charge in [-0.1, -0.05) is 13.8 Å². The fourth-order valence-electron chi connectivity index (χ4n) is 2.06. The van der Waals surface area contributed by atoms with Crippen LogP contribution in [-0.2, 0) is 16.0 Å². The molecule has 0 radical (unpaired) electrons. The molecule has 5 heteroatoms. The molecule has 0 bridgehead atoms. The number of carbonyl (C=O) groups excluding carboxylic acids is 2. The molecule has 1 heterocycles. The predicted octanol–water partition coefficient (Wildman–Crippen LogP) is 2.11. The molecule has 1 aromatic carbocycles. The number of rotatable bonds is 5. The topological polar surface area (TPSA) is 67.4 Å². The summed E-state index contributed by atoms with van der Waals surface area (Å²) in [6, 6.07) is 5.59. The summed E-state index contributed by atoms with van der Waals surface area (Å²) in [6.07, 6.45) is 1.19. The highest BCUT2D eigenvalue weighted by Gasteiger charge is 2.16. The fourth-order valence-corrected chi connectivity index (χ4v) is 2.06. The van der Waals surface area contributed by atoms with Gasteiger partial charge in [-0.3, -0.25) is 9.59 Å². The maximum atomic E-state index is 11.8. The highest BCUT2D eigenvalue weighted by Crippen LogP contribution is 2.26. The van der Waals surface area contributed by atoms with Crippen LogP contribution >= 0.6 is 0 Å². The molecule has 1 aliphatic rings. The quantitative estimate of drug-likeness (QED) is 0.872. The standard InChI is InChI=1S/C16H22N2O3/c1-10(2)11(3)17-16(20)9-21-13-5-6-14-12(8-13)4-7-15(19)18-14/h5-6,8,10-11H,4,7,9H2,1-3H3,(H,17,20)(H,18,19). The normalized spacial score (nSPS) is 15.1. The van der Waals surface area contributed by atoms with Crippen molar-refractivity contribution in [2.24, 2.45) is 5.92 Å². The van der Waals surface area contributed by atoms with Crippen molar-refractivity contribution in [1.82, 2.24) is 5.32 Å². The summed E-state index contributed by atoms with van der Waals surface area (Å²) in [6.45, 7) is 6.10. The van der Waals surface area contributed by atoms with Crippen molar-refractivity contribution < 1.29 is 14.3 Å². The van der Waals surface area contributed by atoms with Crippen molar-refractivity contribution in [3.63, 3.8) is 0 Å². The second kappa shape index (κ2) is 6.61. The van der Waals surface area contributed by atoms with E-state index in [1.807, 2.05) is 19.1 Å². The van der Waals surface area contributed by atoms with E-state index in [0.717, 1.165) is 11.3 Å². The summed E-state index contributed by atoms with van der Waals surface area (Å²) in [5, 5.41) is 5.71. The van der Waals surface area contributed by atoms with Gasteiger partial charge in [-0.15, -0.1) is 0 Å². The van der Waals surface area contributed by atoms with Crippen LogP contribution in [0.5, 0.6) is 5.75 Å². The van der Waals surface area contributed by atoms with Gasteiger partial charge < -0.3 is 15.4 Å². The van der Waals surface area contributed by atoms with E-state index in [1.54, 1.807) is 6.07 Å². The smallest absolute Gasteiger partial charge is 0.258 e. The van der Waals surface area contributed by atoms with Crippen LogP contribution in [0.2, 0.25) is 0 Å². The zero-order valence-electron chi connectivity index (χ0n) is 12.7. The van der Waals surface area contributed by atoms with Gasteiger partial charge in [-0.2, -0.15) is 0 Å². The summed E-state index contributed by atoms with van der Waals surface area (Å²) >= 11 is 0. The van der Waals surface area contributed by atoms with Gasteiger partial charge in [0.1, 0.15) is 5.75 Å². The summed E-state index contributed by atoms with van der Waals surface area (Å²) in [5.41, 5.74) is 1.87. The van der Waals surface area contributed by atoms with Crippen LogP contribution in [0.25, 0.3) is 0 Å². The first-order chi connectivity index (χ1) is 9.95. The molecule has 2 amide bonds. The lowest BCUT2D eigenvalue weighted by Crippen LogP contribution is -2.38. The second-order valence-electron chi connectivity index (χ2n) is 5.76. The zero-order chi connectivity index (χ0) is 15.4. The van der Waals surface area contributed by atoms with Crippen molar-refractivity contribution in [2.45, 2.75) is 39.7 Å². The van der Waals surface area contributed by atoms with Gasteiger partial charge in [0.05, 0.1) is 0 Å². The summed E-state index contributed by atoms with van der Waals surface area (Å²) in [4.78, 5) is 23.1. The van der Waals surface area contributed by atoms with Crippen LogP contribution in [0.1, 0.15) is 32.8 Å². The van der Waals surface area contributed by atoms with Crippen molar-refractivity contribution >= 4 is 17.5 Å². The zero-order valence-corrected chi connectivity index (χ0v) is 12.7. The van der Waals surface area contributed by atoms with Gasteiger partial charge in [-0.05, 0) is 43.0 Å². The number of fused-ring (bicyclic) bond motifs is 1. The van der Waals surface area contributed by atoms with Crippen LogP contribution in [-0.4, -0.2) is 24.5 Å². The molecule has 2 rings (SSSR count). The number of aryl methyl sites for hydroxylation is 1. The first-order valence-electron chi connectivity index (χ1n) is 7.30. The third-order valence-electron chi connectivity index (χ3n) is 3.73. The Hall–Kier alpha value is -2.04. The minimum atomic E-state index is -0.123. The van der Waals surface area contributed by atoms with Gasteiger partial charge in [0.2, 0.25) is 5.91 Å². The Bertz CT molecular complexity index is 540. The Morgan fingerprint density at radius 3 is 2.81 bits per heavy atom. The number of hydrogen-bond acceptors (Lipinski definition) is 3. The van der Waals surface area contributed by atoms with Crippen LogP contribution in [0.15, 0.2) is 18.2 Å². The molecule has 0 spiro atoms. The number of ether oxygens (including phenoxy) is 1. The number of carbonyl (C=O) groups is 2. The minimum absolute atomic E-state index is 0.00219. The molecule has 1 atom stereocenters. The van der Waals surface area contributed by atoms with E-state index in [9.17, 15) is 9.59 Å². The van der Waals surface area contributed by atoms with E-state index >= 15 is 0 Å². The van der Waals surface area contributed by atoms with E-state index < -0.39 is 0 Å². The molecule has 5 nitrogen and oxygen atoms in total. The van der Waals surface area contributed by atoms with E-state index in [4.69, 9.17) is 4.74 Å². The van der Waals surface area contributed by atoms with E-state index in [0.29, 0.717) is 24.5 Å². The van der Waals surface area contributed by atoms with Crippen LogP contribution in [0.4, 0.5) is 5.69 Å². The summed E-state index contributed by atoms with van der Waals surface area (Å²) < 4.78 is 5.52. The first kappa shape index (κ1) is 15.4. The molecule has 1 unspecified atom stereocenters. The van der Waals surface area contributed by atoms with Crippen molar-refractivity contribution in [2.75, 3.05) is 11.9 Å². The van der Waals surface area contributed by atoms with Crippen molar-refractivity contribution in [1.29, 1.82) is 0 Å². The van der Waals surface area contributed by atoms with Crippen molar-refractivity contribution in [3.05, 3.63) is 23.8 Å². The maximum absolute atomic E-state index is 11.8. The Morgan fingerprint density at radius 2 is 2.10 bits per heavy atom. The van der Waals surface area contributed by atoms with E-state index in [-0.39, 0.29) is 24.5 Å². The van der Waals surface area contributed by atoms with Gasteiger partial charge in [0.15, 0.2) is 6.61 Å². The van der Waals surface area contributed by atoms with Crippen LogP contribution in [0.3, 0.4) is 0 Å². The molecule has 2 N–H and O–H groups in total. The second-order valence-corrected chi connectivity index (χ2v) is 5.76. The number of hydrogen-bond donors (Lipinski definition) is 2. The SMILES string of the molecule is CC(C)C(C)NC(=O)COc1ccc2c(c1)CCC(=O)N2. The van der Waals surface area contributed by atoms with Crippen LogP contribution < -0.4 is 15.4 Å². The van der Waals surface area contributed by atoms with Crippen molar-refractivity contribution in [3.8, 4) is 5.75 Å². The number of benzene rings is 1. The maximum Gasteiger partial charge on any atom is 0.258 e. The molecule has 0 saturated heterocycles. The monoisotopic (exact) mass is 290 g/mol. The number of nitrogens with one attached hydrogen (secondary N) is 2.